The number of carbonyl (C=O) groups excluding carboxylic acids is 1. The average molecular weight is 284 g/mol. The van der Waals surface area contributed by atoms with Gasteiger partial charge in [-0.25, -0.2) is 9.18 Å². The van der Waals surface area contributed by atoms with Crippen LogP contribution in [0.3, 0.4) is 0 Å². The van der Waals surface area contributed by atoms with Gasteiger partial charge in [0.1, 0.15) is 0 Å². The van der Waals surface area contributed by atoms with E-state index in [0.717, 1.165) is 12.5 Å². The maximum Gasteiger partial charge on any atom is 0.372 e. The van der Waals surface area contributed by atoms with Crippen LogP contribution in [0.2, 0.25) is 0 Å². The van der Waals surface area contributed by atoms with Gasteiger partial charge in [-0.2, -0.15) is 0 Å². The molecule has 0 aliphatic carbocycles. The zero-order valence-corrected chi connectivity index (χ0v) is 11.8. The molecule has 0 N–H and O–H groups in total. The smallest absolute Gasteiger partial charge is 0.372 e. The molecule has 0 atom stereocenters. The zero-order chi connectivity index (χ0) is 15.1. The van der Waals surface area contributed by atoms with Crippen molar-refractivity contribution < 1.29 is 23.4 Å². The van der Waals surface area contributed by atoms with Crippen LogP contribution < -0.4 is 4.74 Å². The molecule has 0 aliphatic rings. The average Bonchev–Trinajstić information content (AvgIpc) is 2.43. The SMILES string of the molecule is COc1ccc(/C=C/C(=O)OF)c(CCC(C)C)c1F. The standard InChI is InChI=1S/C15H18F2O3/c1-10(2)4-7-12-11(6-9-14(18)20-17)5-8-13(19-3)15(12)16/h5-6,8-10H,4,7H2,1-3H3/b9-6+. The number of rotatable bonds is 6. The van der Waals surface area contributed by atoms with Crippen molar-refractivity contribution in [2.75, 3.05) is 7.11 Å². The molecule has 0 saturated heterocycles. The van der Waals surface area contributed by atoms with Gasteiger partial charge in [0.2, 0.25) is 0 Å². The number of ether oxygens (including phenoxy) is 1. The molecular weight excluding hydrogens is 266 g/mol. The third-order valence-corrected chi connectivity index (χ3v) is 2.91. The summed E-state index contributed by atoms with van der Waals surface area (Å²) in [6.45, 7) is 4.07. The quantitative estimate of drug-likeness (QED) is 0.744. The Balaban J connectivity index is 3.11. The van der Waals surface area contributed by atoms with E-state index in [1.807, 2.05) is 13.8 Å². The number of hydrogen-bond acceptors (Lipinski definition) is 3. The third-order valence-electron chi connectivity index (χ3n) is 2.91. The molecule has 1 aromatic carbocycles. The summed E-state index contributed by atoms with van der Waals surface area (Å²) >= 11 is 0. The minimum absolute atomic E-state index is 0.147. The summed E-state index contributed by atoms with van der Waals surface area (Å²) in [5, 5.41) is 0. The topological polar surface area (TPSA) is 35.5 Å². The number of benzene rings is 1. The van der Waals surface area contributed by atoms with E-state index in [1.165, 1.54) is 19.3 Å². The van der Waals surface area contributed by atoms with Crippen molar-refractivity contribution in [3.8, 4) is 5.75 Å². The van der Waals surface area contributed by atoms with Gasteiger partial charge in [-0.1, -0.05) is 19.9 Å². The number of methoxy groups -OCH3 is 1. The highest BCUT2D eigenvalue weighted by atomic mass is 19.3. The molecule has 1 rings (SSSR count). The van der Waals surface area contributed by atoms with Gasteiger partial charge in [0, 0.05) is 10.6 Å². The molecule has 3 nitrogen and oxygen atoms in total. The van der Waals surface area contributed by atoms with E-state index in [9.17, 15) is 13.7 Å². The molecule has 0 spiro atoms. The van der Waals surface area contributed by atoms with Crippen molar-refractivity contribution in [3.05, 3.63) is 35.2 Å². The summed E-state index contributed by atoms with van der Waals surface area (Å²) in [5.74, 6) is -1.03. The fraction of sp³-hybridized carbons (Fsp3) is 0.400. The van der Waals surface area contributed by atoms with Crippen LogP contribution in [0.25, 0.3) is 6.08 Å². The maximum atomic E-state index is 14.2. The maximum absolute atomic E-state index is 14.2. The predicted molar refractivity (Wildman–Crippen MR) is 72.3 cm³/mol. The van der Waals surface area contributed by atoms with Crippen LogP contribution in [0.1, 0.15) is 31.4 Å². The molecule has 0 fully saturated rings. The lowest BCUT2D eigenvalue weighted by Gasteiger charge is -2.12. The van der Waals surface area contributed by atoms with E-state index in [4.69, 9.17) is 4.74 Å². The summed E-state index contributed by atoms with van der Waals surface area (Å²) in [5.41, 5.74) is 0.954. The predicted octanol–water partition coefficient (Wildman–Crippen LogP) is 3.86. The van der Waals surface area contributed by atoms with Gasteiger partial charge in [0.05, 0.1) is 7.11 Å². The summed E-state index contributed by atoms with van der Waals surface area (Å²) in [6.07, 6.45) is 3.55. The summed E-state index contributed by atoms with van der Waals surface area (Å²) in [4.78, 5) is 13.8. The van der Waals surface area contributed by atoms with Crippen molar-refractivity contribution >= 4 is 12.0 Å². The molecule has 0 aliphatic heterocycles. The van der Waals surface area contributed by atoms with Crippen LogP contribution >= 0.6 is 0 Å². The molecule has 0 bridgehead atoms. The molecule has 5 heteroatoms. The van der Waals surface area contributed by atoms with Gasteiger partial charge in [-0.3, -0.25) is 4.94 Å². The van der Waals surface area contributed by atoms with E-state index in [2.05, 4.69) is 4.94 Å². The van der Waals surface area contributed by atoms with E-state index in [1.54, 1.807) is 6.07 Å². The fourth-order valence-corrected chi connectivity index (χ4v) is 1.80. The Bertz CT molecular complexity index is 496. The van der Waals surface area contributed by atoms with Crippen molar-refractivity contribution in [1.29, 1.82) is 0 Å². The summed E-state index contributed by atoms with van der Waals surface area (Å²) in [6, 6.07) is 3.09. The minimum atomic E-state index is -1.13. The molecule has 0 amide bonds. The van der Waals surface area contributed by atoms with Gasteiger partial charge >= 0.3 is 5.97 Å². The van der Waals surface area contributed by atoms with Gasteiger partial charge in [0.25, 0.3) is 0 Å². The highest BCUT2D eigenvalue weighted by Gasteiger charge is 2.13. The highest BCUT2D eigenvalue weighted by Crippen LogP contribution is 2.26. The lowest BCUT2D eigenvalue weighted by Crippen LogP contribution is -2.01. The monoisotopic (exact) mass is 284 g/mol. The molecule has 1 aromatic rings. The lowest BCUT2D eigenvalue weighted by molar-refractivity contribution is -0.176. The van der Waals surface area contributed by atoms with Gasteiger partial charge in [-0.05, 0) is 42.0 Å². The first kappa shape index (κ1) is 16.1. The molecule has 110 valence electrons. The zero-order valence-electron chi connectivity index (χ0n) is 11.8. The van der Waals surface area contributed by atoms with Crippen LogP contribution in [0.15, 0.2) is 18.2 Å². The number of hydrogen-bond donors (Lipinski definition) is 0. The molecule has 20 heavy (non-hydrogen) atoms. The third kappa shape index (κ3) is 4.33. The minimum Gasteiger partial charge on any atom is -0.494 e. The van der Waals surface area contributed by atoms with Crippen LogP contribution in [0.5, 0.6) is 5.75 Å². The van der Waals surface area contributed by atoms with Gasteiger partial charge in [-0.15, -0.1) is 0 Å². The first-order valence-corrected chi connectivity index (χ1v) is 6.35. The van der Waals surface area contributed by atoms with Crippen molar-refractivity contribution in [2.45, 2.75) is 26.7 Å². The number of halogens is 2. The molecule has 0 radical (unpaired) electrons. The van der Waals surface area contributed by atoms with Gasteiger partial charge < -0.3 is 4.74 Å². The first-order chi connectivity index (χ1) is 9.49. The molecule has 0 unspecified atom stereocenters. The first-order valence-electron chi connectivity index (χ1n) is 6.35. The largest absolute Gasteiger partial charge is 0.494 e. The molecule has 0 aromatic heterocycles. The number of carbonyl (C=O) groups is 1. The molecule has 0 heterocycles. The van der Waals surface area contributed by atoms with Crippen LogP contribution in [-0.2, 0) is 16.2 Å². The molecular formula is C15H18F2O3. The van der Waals surface area contributed by atoms with Crippen LogP contribution in [0, 0.1) is 11.7 Å². The molecule has 0 saturated carbocycles. The Morgan fingerprint density at radius 1 is 1.40 bits per heavy atom. The Morgan fingerprint density at radius 2 is 2.10 bits per heavy atom. The normalized spacial score (nSPS) is 11.1. The van der Waals surface area contributed by atoms with Crippen LogP contribution in [-0.4, -0.2) is 13.1 Å². The lowest BCUT2D eigenvalue weighted by atomic mass is 9.97. The second kappa shape index (κ2) is 7.62. The fourth-order valence-electron chi connectivity index (χ4n) is 1.80. The Labute approximate surface area is 117 Å². The van der Waals surface area contributed by atoms with Crippen molar-refractivity contribution in [2.24, 2.45) is 5.92 Å². The Morgan fingerprint density at radius 3 is 2.65 bits per heavy atom. The Hall–Kier alpha value is -1.91. The summed E-state index contributed by atoms with van der Waals surface area (Å²) < 4.78 is 30.8. The van der Waals surface area contributed by atoms with E-state index >= 15 is 0 Å². The van der Waals surface area contributed by atoms with Gasteiger partial charge in [0.15, 0.2) is 11.6 Å². The van der Waals surface area contributed by atoms with E-state index in [-0.39, 0.29) is 5.75 Å². The second-order valence-corrected chi connectivity index (χ2v) is 4.81. The Kier molecular flexibility index (Phi) is 6.15. The second-order valence-electron chi connectivity index (χ2n) is 4.81. The van der Waals surface area contributed by atoms with E-state index < -0.39 is 11.8 Å². The highest BCUT2D eigenvalue weighted by molar-refractivity contribution is 5.86. The summed E-state index contributed by atoms with van der Waals surface area (Å²) in [7, 11) is 1.39. The van der Waals surface area contributed by atoms with Crippen LogP contribution in [0.4, 0.5) is 8.92 Å². The van der Waals surface area contributed by atoms with Crippen molar-refractivity contribution in [1.82, 2.24) is 0 Å². The van der Waals surface area contributed by atoms with E-state index in [0.29, 0.717) is 23.5 Å². The van der Waals surface area contributed by atoms with Crippen molar-refractivity contribution in [3.63, 3.8) is 0 Å².